The standard InChI is InChI=1S/C21H33N5O/c1-13-17-15(19(27)25(7)12-21(5,6)11-22)10-16(14-8-9-14)23-18(17)26(24-13)20(2,3)4/h10,14H,8-9,11-12,22H2,1-7H3. The molecular formula is C21H33N5O. The van der Waals surface area contributed by atoms with Crippen molar-refractivity contribution in [2.24, 2.45) is 11.1 Å². The Balaban J connectivity index is 2.14. The third-order valence-corrected chi connectivity index (χ3v) is 5.26. The van der Waals surface area contributed by atoms with Crippen molar-refractivity contribution in [1.29, 1.82) is 0 Å². The number of nitrogens with zero attached hydrogens (tertiary/aromatic N) is 4. The average molecular weight is 372 g/mol. The number of nitrogens with two attached hydrogens (primary N) is 1. The van der Waals surface area contributed by atoms with Gasteiger partial charge in [0.05, 0.1) is 22.2 Å². The van der Waals surface area contributed by atoms with E-state index in [-0.39, 0.29) is 16.9 Å². The second-order valence-corrected chi connectivity index (χ2v) is 9.77. The van der Waals surface area contributed by atoms with E-state index in [1.807, 2.05) is 24.7 Å². The Morgan fingerprint density at radius 2 is 1.93 bits per heavy atom. The van der Waals surface area contributed by atoms with Gasteiger partial charge in [-0.1, -0.05) is 13.8 Å². The average Bonchev–Trinajstić information content (AvgIpc) is 3.36. The summed E-state index contributed by atoms with van der Waals surface area (Å²) in [7, 11) is 1.85. The van der Waals surface area contributed by atoms with E-state index in [0.29, 0.717) is 24.6 Å². The first kappa shape index (κ1) is 19.8. The van der Waals surface area contributed by atoms with E-state index in [9.17, 15) is 4.79 Å². The fourth-order valence-electron chi connectivity index (χ4n) is 3.52. The molecule has 0 spiro atoms. The van der Waals surface area contributed by atoms with Crippen LogP contribution in [0.15, 0.2) is 6.07 Å². The van der Waals surface area contributed by atoms with Crippen LogP contribution < -0.4 is 5.73 Å². The minimum absolute atomic E-state index is 0.0161. The van der Waals surface area contributed by atoms with Crippen molar-refractivity contribution in [3.63, 3.8) is 0 Å². The zero-order valence-electron chi connectivity index (χ0n) is 17.8. The van der Waals surface area contributed by atoms with Crippen molar-refractivity contribution in [3.05, 3.63) is 23.0 Å². The number of carbonyl (C=O) groups is 1. The van der Waals surface area contributed by atoms with Crippen molar-refractivity contribution in [2.45, 2.75) is 65.8 Å². The van der Waals surface area contributed by atoms with Gasteiger partial charge in [0.1, 0.15) is 0 Å². The fourth-order valence-corrected chi connectivity index (χ4v) is 3.52. The van der Waals surface area contributed by atoms with Crippen LogP contribution in [-0.2, 0) is 5.54 Å². The third kappa shape index (κ3) is 3.86. The van der Waals surface area contributed by atoms with Crippen LogP contribution >= 0.6 is 0 Å². The van der Waals surface area contributed by atoms with Crippen LogP contribution in [0.25, 0.3) is 11.0 Å². The van der Waals surface area contributed by atoms with Gasteiger partial charge < -0.3 is 10.6 Å². The summed E-state index contributed by atoms with van der Waals surface area (Å²) in [6.45, 7) is 13.6. The normalized spacial score (nSPS) is 15.4. The lowest BCUT2D eigenvalue weighted by Gasteiger charge is -2.29. The molecule has 0 atom stereocenters. The Hall–Kier alpha value is -1.95. The maximum absolute atomic E-state index is 13.4. The Bertz CT molecular complexity index is 871. The predicted octanol–water partition coefficient (Wildman–Crippen LogP) is 3.43. The molecule has 0 aliphatic heterocycles. The quantitative estimate of drug-likeness (QED) is 0.873. The van der Waals surface area contributed by atoms with Crippen molar-refractivity contribution in [2.75, 3.05) is 20.1 Å². The molecule has 6 heteroatoms. The molecule has 1 aliphatic carbocycles. The largest absolute Gasteiger partial charge is 0.341 e. The van der Waals surface area contributed by atoms with E-state index < -0.39 is 0 Å². The van der Waals surface area contributed by atoms with Crippen molar-refractivity contribution in [1.82, 2.24) is 19.7 Å². The number of fused-ring (bicyclic) bond motifs is 1. The Morgan fingerprint density at radius 3 is 2.44 bits per heavy atom. The number of amides is 1. The van der Waals surface area contributed by atoms with E-state index in [0.717, 1.165) is 35.3 Å². The van der Waals surface area contributed by atoms with Gasteiger partial charge in [0.2, 0.25) is 0 Å². The smallest absolute Gasteiger partial charge is 0.254 e. The maximum atomic E-state index is 13.4. The molecule has 148 valence electrons. The lowest BCUT2D eigenvalue weighted by molar-refractivity contribution is 0.0742. The number of pyridine rings is 1. The van der Waals surface area contributed by atoms with Crippen LogP contribution in [0.1, 0.15) is 75.1 Å². The van der Waals surface area contributed by atoms with E-state index in [2.05, 4.69) is 34.6 Å². The molecule has 1 fully saturated rings. The topological polar surface area (TPSA) is 77.0 Å². The van der Waals surface area contributed by atoms with Crippen LogP contribution in [0.5, 0.6) is 0 Å². The highest BCUT2D eigenvalue weighted by molar-refractivity contribution is 6.06. The number of hydrogen-bond acceptors (Lipinski definition) is 4. The van der Waals surface area contributed by atoms with Gasteiger partial charge in [0.15, 0.2) is 5.65 Å². The molecule has 0 saturated heterocycles. The van der Waals surface area contributed by atoms with Crippen LogP contribution in [0.2, 0.25) is 0 Å². The molecule has 0 radical (unpaired) electrons. The maximum Gasteiger partial charge on any atom is 0.254 e. The Kier molecular flexibility index (Phi) is 4.83. The summed E-state index contributed by atoms with van der Waals surface area (Å²) in [4.78, 5) is 20.1. The van der Waals surface area contributed by atoms with E-state index in [1.165, 1.54) is 0 Å². The second-order valence-electron chi connectivity index (χ2n) is 9.77. The predicted molar refractivity (Wildman–Crippen MR) is 109 cm³/mol. The van der Waals surface area contributed by atoms with Gasteiger partial charge in [-0.05, 0) is 58.6 Å². The SMILES string of the molecule is Cc1nn(C(C)(C)C)c2nc(C3CC3)cc(C(=O)N(C)CC(C)(C)CN)c12. The number of aromatic nitrogens is 3. The van der Waals surface area contributed by atoms with Crippen LogP contribution in [-0.4, -0.2) is 45.7 Å². The molecule has 1 aliphatic rings. The lowest BCUT2D eigenvalue weighted by Crippen LogP contribution is -2.39. The summed E-state index contributed by atoms with van der Waals surface area (Å²) in [6, 6.07) is 2.00. The van der Waals surface area contributed by atoms with Crippen LogP contribution in [0, 0.1) is 12.3 Å². The minimum atomic E-state index is -0.199. The molecule has 27 heavy (non-hydrogen) atoms. The Labute approximate surface area is 162 Å². The number of carbonyl (C=O) groups excluding carboxylic acids is 1. The molecule has 2 heterocycles. The first-order chi connectivity index (χ1) is 12.4. The summed E-state index contributed by atoms with van der Waals surface area (Å²) >= 11 is 0. The highest BCUT2D eigenvalue weighted by atomic mass is 16.2. The molecule has 6 nitrogen and oxygen atoms in total. The zero-order valence-corrected chi connectivity index (χ0v) is 17.8. The van der Waals surface area contributed by atoms with Gasteiger partial charge in [0.25, 0.3) is 5.91 Å². The summed E-state index contributed by atoms with van der Waals surface area (Å²) in [5, 5.41) is 5.61. The monoisotopic (exact) mass is 371 g/mol. The third-order valence-electron chi connectivity index (χ3n) is 5.26. The molecular weight excluding hydrogens is 338 g/mol. The van der Waals surface area contributed by atoms with Gasteiger partial charge in [-0.3, -0.25) is 4.79 Å². The molecule has 2 N–H and O–H groups in total. The van der Waals surface area contributed by atoms with Gasteiger partial charge in [-0.15, -0.1) is 0 Å². The first-order valence-electron chi connectivity index (χ1n) is 9.81. The molecule has 0 unspecified atom stereocenters. The van der Waals surface area contributed by atoms with Crippen LogP contribution in [0.3, 0.4) is 0 Å². The highest BCUT2D eigenvalue weighted by Gasteiger charge is 2.31. The second kappa shape index (κ2) is 6.59. The molecule has 0 bridgehead atoms. The van der Waals surface area contributed by atoms with Gasteiger partial charge in [-0.2, -0.15) is 5.10 Å². The molecule has 2 aromatic rings. The number of aryl methyl sites for hydroxylation is 1. The Morgan fingerprint density at radius 1 is 1.30 bits per heavy atom. The summed E-state index contributed by atoms with van der Waals surface area (Å²) < 4.78 is 1.96. The molecule has 1 amide bonds. The number of hydrogen-bond donors (Lipinski definition) is 1. The van der Waals surface area contributed by atoms with Gasteiger partial charge >= 0.3 is 0 Å². The molecule has 2 aromatic heterocycles. The summed E-state index contributed by atoms with van der Waals surface area (Å²) in [6.07, 6.45) is 2.29. The fraction of sp³-hybridized carbons (Fsp3) is 0.667. The van der Waals surface area contributed by atoms with Crippen molar-refractivity contribution < 1.29 is 4.79 Å². The van der Waals surface area contributed by atoms with E-state index in [1.54, 1.807) is 4.90 Å². The lowest BCUT2D eigenvalue weighted by atomic mass is 9.93. The van der Waals surface area contributed by atoms with E-state index >= 15 is 0 Å². The number of rotatable bonds is 5. The molecule has 0 aromatic carbocycles. The first-order valence-corrected chi connectivity index (χ1v) is 9.81. The zero-order chi connectivity index (χ0) is 20.1. The van der Waals surface area contributed by atoms with Gasteiger partial charge in [0, 0.05) is 25.2 Å². The summed E-state index contributed by atoms with van der Waals surface area (Å²) in [5.41, 5.74) is 8.95. The van der Waals surface area contributed by atoms with E-state index in [4.69, 9.17) is 15.8 Å². The summed E-state index contributed by atoms with van der Waals surface area (Å²) in [5.74, 6) is 0.484. The van der Waals surface area contributed by atoms with Crippen molar-refractivity contribution >= 4 is 16.9 Å². The highest BCUT2D eigenvalue weighted by Crippen LogP contribution is 2.41. The molecule has 1 saturated carbocycles. The minimum Gasteiger partial charge on any atom is -0.341 e. The van der Waals surface area contributed by atoms with Crippen LogP contribution in [0.4, 0.5) is 0 Å². The molecule has 3 rings (SSSR count). The van der Waals surface area contributed by atoms with Gasteiger partial charge in [-0.25, -0.2) is 9.67 Å². The van der Waals surface area contributed by atoms with Crippen molar-refractivity contribution in [3.8, 4) is 0 Å².